The maximum atomic E-state index is 12.6. The lowest BCUT2D eigenvalue weighted by Gasteiger charge is -2.26. The lowest BCUT2D eigenvalue weighted by molar-refractivity contribution is 0.134. The van der Waals surface area contributed by atoms with Crippen molar-refractivity contribution in [3.05, 3.63) is 23.3 Å². The molecule has 0 spiro atoms. The monoisotopic (exact) mass is 327 g/mol. The van der Waals surface area contributed by atoms with Crippen LogP contribution in [-0.4, -0.2) is 33.8 Å². The molecule has 124 valence electrons. The molecule has 22 heavy (non-hydrogen) atoms. The van der Waals surface area contributed by atoms with Gasteiger partial charge < -0.3 is 9.84 Å². The first-order chi connectivity index (χ1) is 10.3. The highest BCUT2D eigenvalue weighted by Crippen LogP contribution is 2.37. The van der Waals surface area contributed by atoms with Crippen LogP contribution in [0.25, 0.3) is 0 Å². The number of ether oxygens (including phenoxy) is 1. The van der Waals surface area contributed by atoms with Gasteiger partial charge >= 0.3 is 0 Å². The van der Waals surface area contributed by atoms with Gasteiger partial charge in [-0.2, -0.15) is 0 Å². The molecule has 1 saturated carbocycles. The molecule has 0 atom stereocenters. The molecule has 0 aromatic heterocycles. The number of aliphatic hydroxyl groups excluding tert-OH is 1. The lowest BCUT2D eigenvalue weighted by Crippen LogP contribution is -2.38. The van der Waals surface area contributed by atoms with E-state index in [1.165, 1.54) is 7.11 Å². The smallest absolute Gasteiger partial charge is 0.244 e. The summed E-state index contributed by atoms with van der Waals surface area (Å²) in [6.07, 6.45) is 3.79. The zero-order chi connectivity index (χ0) is 16.4. The second kappa shape index (κ2) is 6.56. The Hall–Kier alpha value is -1.11. The summed E-state index contributed by atoms with van der Waals surface area (Å²) < 4.78 is 33.1. The Morgan fingerprint density at radius 2 is 1.82 bits per heavy atom. The molecule has 1 aromatic rings. The molecule has 0 unspecified atom stereocenters. The van der Waals surface area contributed by atoms with Crippen LogP contribution in [-0.2, 0) is 10.0 Å². The van der Waals surface area contributed by atoms with Crippen molar-refractivity contribution in [3.8, 4) is 5.75 Å². The summed E-state index contributed by atoms with van der Waals surface area (Å²) in [5.74, 6) is 0.347. The number of aliphatic hydroxyl groups is 1. The third-order valence-corrected chi connectivity index (χ3v) is 6.13. The summed E-state index contributed by atoms with van der Waals surface area (Å²) in [4.78, 5) is 0.157. The fourth-order valence-corrected chi connectivity index (χ4v) is 4.37. The van der Waals surface area contributed by atoms with E-state index in [1.807, 2.05) is 13.8 Å². The Balaban J connectivity index is 2.25. The highest BCUT2D eigenvalue weighted by atomic mass is 32.2. The van der Waals surface area contributed by atoms with Crippen LogP contribution < -0.4 is 9.46 Å². The summed E-state index contributed by atoms with van der Waals surface area (Å²) in [6, 6.07) is 3.37. The van der Waals surface area contributed by atoms with Gasteiger partial charge in [-0.25, -0.2) is 13.1 Å². The lowest BCUT2D eigenvalue weighted by atomic mass is 9.88. The van der Waals surface area contributed by atoms with Crippen molar-refractivity contribution in [3.63, 3.8) is 0 Å². The minimum atomic E-state index is -3.66. The van der Waals surface area contributed by atoms with Gasteiger partial charge in [0.2, 0.25) is 10.0 Å². The quantitative estimate of drug-likeness (QED) is 0.839. The summed E-state index contributed by atoms with van der Waals surface area (Å²) >= 11 is 0. The molecular weight excluding hydrogens is 302 g/mol. The number of nitrogens with one attached hydrogen (secondary N) is 1. The maximum Gasteiger partial charge on any atom is 0.244 e. The van der Waals surface area contributed by atoms with E-state index in [0.29, 0.717) is 5.75 Å². The maximum absolute atomic E-state index is 12.6. The highest BCUT2D eigenvalue weighted by molar-refractivity contribution is 7.89. The third-order valence-electron chi connectivity index (χ3n) is 4.71. The van der Waals surface area contributed by atoms with Gasteiger partial charge in [-0.1, -0.05) is 12.8 Å². The fourth-order valence-electron chi connectivity index (χ4n) is 2.97. The molecule has 0 bridgehead atoms. The van der Waals surface area contributed by atoms with Crippen LogP contribution >= 0.6 is 0 Å². The minimum absolute atomic E-state index is 0.0135. The third kappa shape index (κ3) is 3.45. The predicted octanol–water partition coefficient (Wildman–Crippen LogP) is 2.14. The molecule has 5 nitrogen and oxygen atoms in total. The molecule has 0 saturated heterocycles. The number of benzene rings is 1. The average molecular weight is 327 g/mol. The number of hydrogen-bond donors (Lipinski definition) is 2. The topological polar surface area (TPSA) is 75.6 Å². The number of hydrogen-bond acceptors (Lipinski definition) is 4. The normalized spacial score (nSPS) is 17.6. The molecule has 1 aromatic carbocycles. The zero-order valence-corrected chi connectivity index (χ0v) is 14.3. The predicted molar refractivity (Wildman–Crippen MR) is 85.6 cm³/mol. The number of aryl methyl sites for hydroxylation is 2. The highest BCUT2D eigenvalue weighted by Gasteiger charge is 2.35. The van der Waals surface area contributed by atoms with Gasteiger partial charge in [0.25, 0.3) is 0 Å². The van der Waals surface area contributed by atoms with Gasteiger partial charge in [0, 0.05) is 18.6 Å². The van der Waals surface area contributed by atoms with E-state index >= 15 is 0 Å². The molecule has 0 radical (unpaired) electrons. The molecular formula is C16H25NO4S. The van der Waals surface area contributed by atoms with E-state index in [1.54, 1.807) is 12.1 Å². The van der Waals surface area contributed by atoms with Crippen LogP contribution in [0.3, 0.4) is 0 Å². The second-order valence-corrected chi connectivity index (χ2v) is 8.01. The molecule has 1 fully saturated rings. The van der Waals surface area contributed by atoms with E-state index in [4.69, 9.17) is 4.74 Å². The van der Waals surface area contributed by atoms with E-state index in [9.17, 15) is 13.5 Å². The van der Waals surface area contributed by atoms with Crippen LogP contribution in [0.15, 0.2) is 17.0 Å². The molecule has 1 aliphatic rings. The molecule has 2 rings (SSSR count). The van der Waals surface area contributed by atoms with Crippen molar-refractivity contribution in [2.75, 3.05) is 20.3 Å². The Morgan fingerprint density at radius 3 is 2.36 bits per heavy atom. The number of methoxy groups -OCH3 is 1. The van der Waals surface area contributed by atoms with Crippen LogP contribution in [0, 0.1) is 19.3 Å². The van der Waals surface area contributed by atoms with Gasteiger partial charge in [0.15, 0.2) is 0 Å². The Labute approximate surface area is 132 Å². The van der Waals surface area contributed by atoms with Gasteiger partial charge in [0.1, 0.15) is 10.6 Å². The second-order valence-electron chi connectivity index (χ2n) is 6.28. The van der Waals surface area contributed by atoms with Crippen LogP contribution in [0.5, 0.6) is 5.75 Å². The summed E-state index contributed by atoms with van der Waals surface area (Å²) in [6.45, 7) is 4.07. The summed E-state index contributed by atoms with van der Waals surface area (Å²) in [5, 5.41) is 9.61. The Morgan fingerprint density at radius 1 is 1.23 bits per heavy atom. The van der Waals surface area contributed by atoms with Gasteiger partial charge in [-0.05, 0) is 49.9 Å². The standard InChI is InChI=1S/C16H25NO4S/c1-12-8-14(21-3)15(9-13(12)2)22(19,20)17-10-16(11-18)6-4-5-7-16/h8-9,17-18H,4-7,10-11H2,1-3H3. The van der Waals surface area contributed by atoms with E-state index in [2.05, 4.69) is 4.72 Å². The van der Waals surface area contributed by atoms with E-state index < -0.39 is 10.0 Å². The van der Waals surface area contributed by atoms with Gasteiger partial charge in [-0.15, -0.1) is 0 Å². The number of rotatable bonds is 6. The first-order valence-corrected chi connectivity index (χ1v) is 9.08. The molecule has 0 amide bonds. The Kier molecular flexibility index (Phi) is 5.14. The molecule has 0 heterocycles. The average Bonchev–Trinajstić information content (AvgIpc) is 2.97. The first-order valence-electron chi connectivity index (χ1n) is 7.59. The van der Waals surface area contributed by atoms with Crippen molar-refractivity contribution < 1.29 is 18.3 Å². The summed E-state index contributed by atoms with van der Waals surface area (Å²) in [7, 11) is -2.20. The molecule has 6 heteroatoms. The van der Waals surface area contributed by atoms with Crippen LogP contribution in [0.2, 0.25) is 0 Å². The molecule has 2 N–H and O–H groups in total. The van der Waals surface area contributed by atoms with Crippen LogP contribution in [0.1, 0.15) is 36.8 Å². The summed E-state index contributed by atoms with van der Waals surface area (Å²) in [5.41, 5.74) is 1.57. The molecule has 0 aliphatic heterocycles. The van der Waals surface area contributed by atoms with Gasteiger partial charge in [-0.3, -0.25) is 0 Å². The SMILES string of the molecule is COc1cc(C)c(C)cc1S(=O)(=O)NCC1(CO)CCCC1. The first kappa shape index (κ1) is 17.2. The van der Waals surface area contributed by atoms with Crippen molar-refractivity contribution in [1.82, 2.24) is 4.72 Å². The van der Waals surface area contributed by atoms with E-state index in [0.717, 1.165) is 36.8 Å². The van der Waals surface area contributed by atoms with Crippen LogP contribution in [0.4, 0.5) is 0 Å². The van der Waals surface area contributed by atoms with Crippen molar-refractivity contribution >= 4 is 10.0 Å². The Bertz CT molecular complexity index is 634. The van der Waals surface area contributed by atoms with Crippen molar-refractivity contribution in [1.29, 1.82) is 0 Å². The largest absolute Gasteiger partial charge is 0.495 e. The fraction of sp³-hybridized carbons (Fsp3) is 0.625. The number of sulfonamides is 1. The molecule has 1 aliphatic carbocycles. The van der Waals surface area contributed by atoms with E-state index in [-0.39, 0.29) is 23.5 Å². The van der Waals surface area contributed by atoms with Crippen molar-refractivity contribution in [2.24, 2.45) is 5.41 Å². The zero-order valence-electron chi connectivity index (χ0n) is 13.5. The van der Waals surface area contributed by atoms with Crippen molar-refractivity contribution in [2.45, 2.75) is 44.4 Å². The minimum Gasteiger partial charge on any atom is -0.495 e. The van der Waals surface area contributed by atoms with Gasteiger partial charge in [0.05, 0.1) is 7.11 Å².